The fourth-order valence-corrected chi connectivity index (χ4v) is 5.83. The third kappa shape index (κ3) is 4.99. The summed E-state index contributed by atoms with van der Waals surface area (Å²) in [5.41, 5.74) is -0.251. The van der Waals surface area contributed by atoms with E-state index in [1.165, 1.54) is 12.3 Å². The summed E-state index contributed by atoms with van der Waals surface area (Å²) < 4.78 is 42.9. The van der Waals surface area contributed by atoms with Gasteiger partial charge < -0.3 is 15.0 Å². The number of carbonyl (C=O) groups excluding carboxylic acids is 1. The number of anilines is 1. The van der Waals surface area contributed by atoms with Gasteiger partial charge in [0.05, 0.1) is 9.92 Å². The molecule has 2 aliphatic rings. The second-order valence-corrected chi connectivity index (χ2v) is 12.3. The van der Waals surface area contributed by atoms with Gasteiger partial charge in [0.15, 0.2) is 15.4 Å². The Bertz CT molecular complexity index is 1190. The number of hydrogen-bond donors (Lipinski definition) is 1. The number of rotatable bonds is 6. The van der Waals surface area contributed by atoms with Crippen molar-refractivity contribution in [1.82, 2.24) is 5.32 Å². The molecule has 2 bridgehead atoms. The third-order valence-corrected chi connectivity index (χ3v) is 8.51. The van der Waals surface area contributed by atoms with E-state index in [-0.39, 0.29) is 39.8 Å². The van der Waals surface area contributed by atoms with Crippen LogP contribution < -0.4 is 15.0 Å². The lowest BCUT2D eigenvalue weighted by Gasteiger charge is -2.41. The maximum atomic E-state index is 13.6. The lowest BCUT2D eigenvalue weighted by atomic mass is 9.95. The number of fused-ring (bicyclic) bond motifs is 2. The van der Waals surface area contributed by atoms with Crippen molar-refractivity contribution in [3.05, 3.63) is 52.3 Å². The van der Waals surface area contributed by atoms with Crippen LogP contribution in [-0.4, -0.2) is 44.3 Å². The Balaban J connectivity index is 1.42. The summed E-state index contributed by atoms with van der Waals surface area (Å²) in [5, 5.41) is 2.79. The number of nitrogens with zero attached hydrogens (tertiary/aromatic N) is 1. The molecule has 3 atom stereocenters. The smallest absolute Gasteiger partial charge is 0.263 e. The molecule has 2 aliphatic heterocycles. The predicted octanol–water partition coefficient (Wildman–Crippen LogP) is 5.01. The van der Waals surface area contributed by atoms with Gasteiger partial charge in [-0.1, -0.05) is 23.2 Å². The summed E-state index contributed by atoms with van der Waals surface area (Å²) in [5.74, 6) is -0.811. The van der Waals surface area contributed by atoms with Crippen molar-refractivity contribution in [2.45, 2.75) is 68.2 Å². The number of benzene rings is 2. The first kappa shape index (κ1) is 25.1. The van der Waals surface area contributed by atoms with E-state index in [1.54, 1.807) is 26.0 Å². The summed E-state index contributed by atoms with van der Waals surface area (Å²) in [6.45, 7) is 3.26. The van der Waals surface area contributed by atoms with E-state index in [2.05, 4.69) is 10.2 Å². The van der Waals surface area contributed by atoms with E-state index in [9.17, 15) is 17.6 Å². The minimum Gasteiger partial charge on any atom is -0.476 e. The monoisotopic (exact) mass is 528 g/mol. The van der Waals surface area contributed by atoms with Crippen molar-refractivity contribution in [3.63, 3.8) is 0 Å². The molecule has 1 N–H and O–H groups in total. The largest absolute Gasteiger partial charge is 0.476 e. The number of halogens is 3. The van der Waals surface area contributed by atoms with Gasteiger partial charge in [-0.3, -0.25) is 4.79 Å². The Labute approximate surface area is 209 Å². The van der Waals surface area contributed by atoms with Crippen LogP contribution in [0.25, 0.3) is 0 Å². The molecule has 2 heterocycles. The van der Waals surface area contributed by atoms with Crippen molar-refractivity contribution < 1.29 is 22.3 Å². The zero-order valence-electron chi connectivity index (χ0n) is 19.1. The van der Waals surface area contributed by atoms with E-state index >= 15 is 0 Å². The average molecular weight is 529 g/mol. The highest BCUT2D eigenvalue weighted by atomic mass is 35.5. The van der Waals surface area contributed by atoms with Crippen LogP contribution in [0.5, 0.6) is 5.75 Å². The minimum atomic E-state index is -3.24. The van der Waals surface area contributed by atoms with Crippen molar-refractivity contribution in [2.75, 3.05) is 11.2 Å². The maximum absolute atomic E-state index is 13.6. The Hall–Kier alpha value is -2.03. The van der Waals surface area contributed by atoms with Gasteiger partial charge in [-0.25, -0.2) is 12.8 Å². The molecule has 184 valence electrons. The highest BCUT2D eigenvalue weighted by Crippen LogP contribution is 2.40. The van der Waals surface area contributed by atoms with E-state index in [0.717, 1.165) is 37.4 Å². The normalized spacial score (nSPS) is 22.5. The number of carbonyl (C=O) groups is 1. The van der Waals surface area contributed by atoms with Gasteiger partial charge in [0, 0.05) is 30.1 Å². The Morgan fingerprint density at radius 2 is 1.65 bits per heavy atom. The topological polar surface area (TPSA) is 75.7 Å². The molecule has 2 aromatic rings. The Kier molecular flexibility index (Phi) is 6.79. The van der Waals surface area contributed by atoms with Crippen LogP contribution in [0.2, 0.25) is 10.0 Å². The highest BCUT2D eigenvalue weighted by molar-refractivity contribution is 7.90. The number of sulfone groups is 1. The molecule has 0 spiro atoms. The second-order valence-electron chi connectivity index (χ2n) is 9.49. The van der Waals surface area contributed by atoms with E-state index in [1.807, 2.05) is 12.1 Å². The van der Waals surface area contributed by atoms with Crippen molar-refractivity contribution in [2.24, 2.45) is 0 Å². The lowest BCUT2D eigenvalue weighted by Crippen LogP contribution is -2.55. The van der Waals surface area contributed by atoms with E-state index < -0.39 is 21.3 Å². The van der Waals surface area contributed by atoms with Crippen LogP contribution in [0.1, 0.15) is 39.5 Å². The SMILES string of the molecule is CC(C)(Oc1ccc(F)c(Cl)c1Cl)C(=O)NC1C[C@H]2CC[C@@H](C1)N2c1ccc(S(C)(=O)=O)cc1. The van der Waals surface area contributed by atoms with E-state index in [0.29, 0.717) is 4.90 Å². The quantitative estimate of drug-likeness (QED) is 0.533. The van der Waals surface area contributed by atoms with Crippen LogP contribution in [0, 0.1) is 5.82 Å². The highest BCUT2D eigenvalue weighted by Gasteiger charge is 2.42. The number of piperidine rings is 1. The summed E-state index contributed by atoms with van der Waals surface area (Å²) in [6.07, 6.45) is 4.76. The van der Waals surface area contributed by atoms with Gasteiger partial charge >= 0.3 is 0 Å². The first-order valence-corrected chi connectivity index (χ1v) is 13.7. The molecule has 1 unspecified atom stereocenters. The lowest BCUT2D eigenvalue weighted by molar-refractivity contribution is -0.135. The molecule has 0 aromatic heterocycles. The summed E-state index contributed by atoms with van der Waals surface area (Å²) in [6, 6.07) is 9.98. The molecule has 1 amide bonds. The number of amides is 1. The van der Waals surface area contributed by atoms with Crippen molar-refractivity contribution >= 4 is 44.6 Å². The summed E-state index contributed by atoms with van der Waals surface area (Å²) >= 11 is 11.9. The molecule has 2 aromatic carbocycles. The first-order valence-electron chi connectivity index (χ1n) is 11.1. The molecule has 10 heteroatoms. The fourth-order valence-electron chi connectivity index (χ4n) is 4.85. The van der Waals surface area contributed by atoms with Crippen molar-refractivity contribution in [3.8, 4) is 5.75 Å². The molecule has 0 radical (unpaired) electrons. The van der Waals surface area contributed by atoms with Crippen LogP contribution in [0.3, 0.4) is 0 Å². The molecular formula is C24H27Cl2FN2O4S. The molecule has 6 nitrogen and oxygen atoms in total. The number of hydrogen-bond acceptors (Lipinski definition) is 5. The molecule has 2 fully saturated rings. The Morgan fingerprint density at radius 3 is 2.21 bits per heavy atom. The molecule has 34 heavy (non-hydrogen) atoms. The molecule has 0 saturated carbocycles. The van der Waals surface area contributed by atoms with Gasteiger partial charge in [-0.05, 0) is 75.9 Å². The van der Waals surface area contributed by atoms with Crippen LogP contribution >= 0.6 is 23.2 Å². The standard InChI is InChI=1S/C24H27Cl2FN2O4S/c1-24(2,33-20-11-10-19(27)21(25)22(20)26)23(30)28-14-12-16-4-5-17(13-14)29(16)15-6-8-18(9-7-15)34(3,31)32/h6-11,14,16-17H,4-5,12-13H2,1-3H3,(H,28,30)/t14?,16-,17+. The second kappa shape index (κ2) is 9.21. The zero-order chi connectivity index (χ0) is 24.8. The molecule has 0 aliphatic carbocycles. The molecular weight excluding hydrogens is 502 g/mol. The van der Waals surface area contributed by atoms with Crippen LogP contribution in [0.4, 0.5) is 10.1 Å². The van der Waals surface area contributed by atoms with Crippen molar-refractivity contribution in [1.29, 1.82) is 0 Å². The molecule has 4 rings (SSSR count). The average Bonchev–Trinajstić information content (AvgIpc) is 3.04. The van der Waals surface area contributed by atoms with Gasteiger partial charge in [0.1, 0.15) is 16.6 Å². The van der Waals surface area contributed by atoms with Gasteiger partial charge in [0.2, 0.25) is 0 Å². The minimum absolute atomic E-state index is 0.0216. The van der Waals surface area contributed by atoms with E-state index in [4.69, 9.17) is 27.9 Å². The zero-order valence-corrected chi connectivity index (χ0v) is 21.5. The Morgan fingerprint density at radius 1 is 1.06 bits per heavy atom. The van der Waals surface area contributed by atoms with Gasteiger partial charge in [0.25, 0.3) is 5.91 Å². The number of nitrogens with one attached hydrogen (secondary N) is 1. The maximum Gasteiger partial charge on any atom is 0.263 e. The van der Waals surface area contributed by atoms with Gasteiger partial charge in [-0.2, -0.15) is 0 Å². The molecule has 2 saturated heterocycles. The first-order chi connectivity index (χ1) is 15.9. The summed E-state index contributed by atoms with van der Waals surface area (Å²) in [4.78, 5) is 15.7. The predicted molar refractivity (Wildman–Crippen MR) is 131 cm³/mol. The third-order valence-electron chi connectivity index (χ3n) is 6.54. The fraction of sp³-hybridized carbons (Fsp3) is 0.458. The summed E-state index contributed by atoms with van der Waals surface area (Å²) in [7, 11) is -3.24. The van der Waals surface area contributed by atoms with Crippen LogP contribution in [-0.2, 0) is 14.6 Å². The van der Waals surface area contributed by atoms with Crippen LogP contribution in [0.15, 0.2) is 41.3 Å². The van der Waals surface area contributed by atoms with Gasteiger partial charge in [-0.15, -0.1) is 0 Å². The number of ether oxygens (including phenoxy) is 1.